The Morgan fingerprint density at radius 3 is 2.79 bits per heavy atom. The van der Waals surface area contributed by atoms with Crippen molar-refractivity contribution in [1.29, 1.82) is 0 Å². The number of anilines is 2. The van der Waals surface area contributed by atoms with Crippen molar-refractivity contribution in [3.63, 3.8) is 0 Å². The van der Waals surface area contributed by atoms with E-state index >= 15 is 0 Å². The van der Waals surface area contributed by atoms with Gasteiger partial charge in [-0.05, 0) is 36.2 Å². The predicted molar refractivity (Wildman–Crippen MR) is 96.4 cm³/mol. The van der Waals surface area contributed by atoms with E-state index in [1.807, 2.05) is 37.3 Å². The third kappa shape index (κ3) is 3.44. The third-order valence-corrected chi connectivity index (χ3v) is 4.51. The molecule has 1 fully saturated rings. The molecule has 2 aromatic carbocycles. The SMILES string of the molecule is CCc1ccccc1NC(=O)[C@@H]1CC(=O)N(c2cccc(Cl)c2)C1. The summed E-state index contributed by atoms with van der Waals surface area (Å²) in [5.74, 6) is -0.531. The fourth-order valence-corrected chi connectivity index (χ4v) is 3.15. The number of nitrogens with one attached hydrogen (secondary N) is 1. The molecule has 1 heterocycles. The zero-order chi connectivity index (χ0) is 17.1. The standard InChI is InChI=1S/C19H19ClN2O2/c1-2-13-6-3-4-9-17(13)21-19(24)14-10-18(23)22(12-14)16-8-5-7-15(20)11-16/h3-9,11,14H,2,10,12H2,1H3,(H,21,24)/t14-/m1/s1. The van der Waals surface area contributed by atoms with Crippen molar-refractivity contribution in [2.45, 2.75) is 19.8 Å². The number of aryl methyl sites for hydroxylation is 1. The second-order valence-electron chi connectivity index (χ2n) is 5.89. The molecule has 1 aliphatic heterocycles. The summed E-state index contributed by atoms with van der Waals surface area (Å²) >= 11 is 5.99. The van der Waals surface area contributed by atoms with Crippen LogP contribution in [0.2, 0.25) is 5.02 Å². The van der Waals surface area contributed by atoms with E-state index in [1.165, 1.54) is 0 Å². The Morgan fingerprint density at radius 2 is 2.04 bits per heavy atom. The van der Waals surface area contributed by atoms with Gasteiger partial charge in [0.15, 0.2) is 0 Å². The maximum atomic E-state index is 12.6. The molecular formula is C19H19ClN2O2. The minimum atomic E-state index is -0.360. The van der Waals surface area contributed by atoms with Crippen molar-refractivity contribution in [2.24, 2.45) is 5.92 Å². The van der Waals surface area contributed by atoms with Crippen LogP contribution >= 0.6 is 11.6 Å². The molecule has 1 saturated heterocycles. The predicted octanol–water partition coefficient (Wildman–Crippen LogP) is 3.89. The number of hydrogen-bond donors (Lipinski definition) is 1. The molecular weight excluding hydrogens is 324 g/mol. The van der Waals surface area contributed by atoms with Crippen molar-refractivity contribution in [1.82, 2.24) is 0 Å². The lowest BCUT2D eigenvalue weighted by molar-refractivity contribution is -0.122. The molecule has 2 aromatic rings. The summed E-state index contributed by atoms with van der Waals surface area (Å²) in [5.41, 5.74) is 2.64. The summed E-state index contributed by atoms with van der Waals surface area (Å²) in [4.78, 5) is 26.5. The van der Waals surface area contributed by atoms with Crippen LogP contribution in [0.4, 0.5) is 11.4 Å². The number of para-hydroxylation sites is 1. The first-order valence-corrected chi connectivity index (χ1v) is 8.41. The highest BCUT2D eigenvalue weighted by molar-refractivity contribution is 6.31. The van der Waals surface area contributed by atoms with Crippen LogP contribution in [0.25, 0.3) is 0 Å². The quantitative estimate of drug-likeness (QED) is 0.916. The molecule has 0 bridgehead atoms. The van der Waals surface area contributed by atoms with Crippen LogP contribution in [0.5, 0.6) is 0 Å². The van der Waals surface area contributed by atoms with Gasteiger partial charge in [0, 0.05) is 29.4 Å². The first kappa shape index (κ1) is 16.5. The van der Waals surface area contributed by atoms with Crippen LogP contribution < -0.4 is 10.2 Å². The van der Waals surface area contributed by atoms with Gasteiger partial charge in [0.1, 0.15) is 0 Å². The second-order valence-corrected chi connectivity index (χ2v) is 6.32. The van der Waals surface area contributed by atoms with Gasteiger partial charge in [0.25, 0.3) is 0 Å². The van der Waals surface area contributed by atoms with Crippen molar-refractivity contribution in [2.75, 3.05) is 16.8 Å². The van der Waals surface area contributed by atoms with E-state index in [4.69, 9.17) is 11.6 Å². The number of hydrogen-bond acceptors (Lipinski definition) is 2. The summed E-state index contributed by atoms with van der Waals surface area (Å²) in [6, 6.07) is 14.9. The minimum absolute atomic E-state index is 0.0545. The van der Waals surface area contributed by atoms with Crippen molar-refractivity contribution in [3.05, 3.63) is 59.1 Å². The summed E-state index contributed by atoms with van der Waals surface area (Å²) in [6.07, 6.45) is 1.06. The van der Waals surface area contributed by atoms with E-state index in [1.54, 1.807) is 23.1 Å². The van der Waals surface area contributed by atoms with Crippen LogP contribution in [0, 0.1) is 5.92 Å². The molecule has 124 valence electrons. The lowest BCUT2D eigenvalue weighted by atomic mass is 10.1. The molecule has 1 N–H and O–H groups in total. The molecule has 1 atom stereocenters. The average Bonchev–Trinajstić information content (AvgIpc) is 2.97. The molecule has 1 aliphatic rings. The molecule has 5 heteroatoms. The zero-order valence-corrected chi connectivity index (χ0v) is 14.2. The Labute approximate surface area is 146 Å². The van der Waals surface area contributed by atoms with E-state index in [0.29, 0.717) is 11.6 Å². The first-order valence-electron chi connectivity index (χ1n) is 8.03. The van der Waals surface area contributed by atoms with E-state index in [9.17, 15) is 9.59 Å². The molecule has 0 radical (unpaired) electrons. The van der Waals surface area contributed by atoms with E-state index in [2.05, 4.69) is 5.32 Å². The summed E-state index contributed by atoms with van der Waals surface area (Å²) in [7, 11) is 0. The first-order chi connectivity index (χ1) is 11.6. The Kier molecular flexibility index (Phi) is 4.86. The Morgan fingerprint density at radius 1 is 1.25 bits per heavy atom. The number of amides is 2. The van der Waals surface area contributed by atoms with Gasteiger partial charge in [0.05, 0.1) is 5.92 Å². The number of rotatable bonds is 4. The van der Waals surface area contributed by atoms with Crippen molar-refractivity contribution >= 4 is 34.8 Å². The normalized spacial score (nSPS) is 17.2. The van der Waals surface area contributed by atoms with Gasteiger partial charge in [-0.3, -0.25) is 9.59 Å². The fourth-order valence-electron chi connectivity index (χ4n) is 2.96. The van der Waals surface area contributed by atoms with Gasteiger partial charge in [-0.15, -0.1) is 0 Å². The zero-order valence-electron chi connectivity index (χ0n) is 13.5. The Balaban J connectivity index is 1.72. The van der Waals surface area contributed by atoms with Crippen LogP contribution in [0.15, 0.2) is 48.5 Å². The van der Waals surface area contributed by atoms with Gasteiger partial charge in [-0.25, -0.2) is 0 Å². The van der Waals surface area contributed by atoms with E-state index in [-0.39, 0.29) is 24.2 Å². The molecule has 0 unspecified atom stereocenters. The van der Waals surface area contributed by atoms with Gasteiger partial charge in [0.2, 0.25) is 11.8 Å². The molecule has 0 spiro atoms. The van der Waals surface area contributed by atoms with E-state index in [0.717, 1.165) is 23.4 Å². The molecule has 3 rings (SSSR count). The maximum absolute atomic E-state index is 12.6. The number of nitrogens with zero attached hydrogens (tertiary/aromatic N) is 1. The fraction of sp³-hybridized carbons (Fsp3) is 0.263. The molecule has 2 amide bonds. The smallest absolute Gasteiger partial charge is 0.229 e. The molecule has 0 aliphatic carbocycles. The number of carbonyl (C=O) groups is 2. The van der Waals surface area contributed by atoms with Gasteiger partial charge in [-0.2, -0.15) is 0 Å². The summed E-state index contributed by atoms with van der Waals surface area (Å²) < 4.78 is 0. The minimum Gasteiger partial charge on any atom is -0.326 e. The highest BCUT2D eigenvalue weighted by Gasteiger charge is 2.35. The van der Waals surface area contributed by atoms with Gasteiger partial charge in [-0.1, -0.05) is 42.8 Å². The molecule has 0 aromatic heterocycles. The third-order valence-electron chi connectivity index (χ3n) is 4.27. The van der Waals surface area contributed by atoms with Crippen molar-refractivity contribution < 1.29 is 9.59 Å². The van der Waals surface area contributed by atoms with E-state index < -0.39 is 0 Å². The second kappa shape index (κ2) is 7.05. The van der Waals surface area contributed by atoms with Gasteiger partial charge >= 0.3 is 0 Å². The van der Waals surface area contributed by atoms with Crippen LogP contribution in [0.1, 0.15) is 18.9 Å². The Bertz CT molecular complexity index is 775. The Hall–Kier alpha value is -2.33. The largest absolute Gasteiger partial charge is 0.326 e. The average molecular weight is 343 g/mol. The van der Waals surface area contributed by atoms with Gasteiger partial charge < -0.3 is 10.2 Å². The van der Waals surface area contributed by atoms with Crippen LogP contribution in [0.3, 0.4) is 0 Å². The highest BCUT2D eigenvalue weighted by Crippen LogP contribution is 2.28. The summed E-state index contributed by atoms with van der Waals surface area (Å²) in [5, 5.41) is 3.54. The number of benzene rings is 2. The molecule has 24 heavy (non-hydrogen) atoms. The number of halogens is 1. The topological polar surface area (TPSA) is 49.4 Å². The molecule has 0 saturated carbocycles. The summed E-state index contributed by atoms with van der Waals surface area (Å²) in [6.45, 7) is 2.42. The lowest BCUT2D eigenvalue weighted by Gasteiger charge is -2.17. The lowest BCUT2D eigenvalue weighted by Crippen LogP contribution is -2.28. The maximum Gasteiger partial charge on any atom is 0.229 e. The molecule has 4 nitrogen and oxygen atoms in total. The van der Waals surface area contributed by atoms with Crippen LogP contribution in [-0.2, 0) is 16.0 Å². The van der Waals surface area contributed by atoms with Crippen LogP contribution in [-0.4, -0.2) is 18.4 Å². The monoisotopic (exact) mass is 342 g/mol. The highest BCUT2D eigenvalue weighted by atomic mass is 35.5. The number of carbonyl (C=O) groups excluding carboxylic acids is 2. The van der Waals surface area contributed by atoms with Crippen molar-refractivity contribution in [3.8, 4) is 0 Å².